The van der Waals surface area contributed by atoms with Gasteiger partial charge in [0.2, 0.25) is 10.0 Å². The lowest BCUT2D eigenvalue weighted by atomic mass is 9.77. The molecule has 3 rings (SSSR count). The highest BCUT2D eigenvalue weighted by atomic mass is 32.2. The Morgan fingerprint density at radius 2 is 2.04 bits per heavy atom. The molecule has 0 radical (unpaired) electrons. The van der Waals surface area contributed by atoms with E-state index in [1.165, 1.54) is 6.42 Å². The molecule has 1 heterocycles. The molecule has 130 valence electrons. The topological polar surface area (TPSA) is 74.8 Å². The quantitative estimate of drug-likeness (QED) is 0.840. The molecular formula is C18H25N3O2S. The summed E-state index contributed by atoms with van der Waals surface area (Å²) in [6.45, 7) is 2.41. The summed E-state index contributed by atoms with van der Waals surface area (Å²) < 4.78 is 27.7. The third-order valence-corrected chi connectivity index (χ3v) is 6.46. The molecular weight excluding hydrogens is 322 g/mol. The first kappa shape index (κ1) is 17.2. The molecule has 2 aromatic rings. The molecule has 1 aliphatic rings. The third-order valence-electron chi connectivity index (χ3n) is 4.79. The Hall–Kier alpha value is -1.66. The van der Waals surface area contributed by atoms with Crippen LogP contribution in [0.15, 0.2) is 36.7 Å². The van der Waals surface area contributed by atoms with Crippen molar-refractivity contribution in [2.75, 3.05) is 5.75 Å². The van der Waals surface area contributed by atoms with Gasteiger partial charge in [0.1, 0.15) is 5.82 Å². The van der Waals surface area contributed by atoms with E-state index in [-0.39, 0.29) is 11.2 Å². The SMILES string of the molecule is CC1(CS(=O)(=O)NCc2cccc(-c3ncc[nH]3)c2)CCCCC1. The Kier molecular flexibility index (Phi) is 5.06. The van der Waals surface area contributed by atoms with E-state index in [2.05, 4.69) is 21.6 Å². The maximum absolute atomic E-state index is 12.5. The zero-order chi connectivity index (χ0) is 17.0. The molecule has 0 atom stereocenters. The van der Waals surface area contributed by atoms with E-state index in [0.717, 1.165) is 42.6 Å². The molecule has 0 saturated heterocycles. The summed E-state index contributed by atoms with van der Waals surface area (Å²) >= 11 is 0. The summed E-state index contributed by atoms with van der Waals surface area (Å²) in [4.78, 5) is 7.29. The maximum atomic E-state index is 12.5. The summed E-state index contributed by atoms with van der Waals surface area (Å²) in [6, 6.07) is 7.77. The van der Waals surface area contributed by atoms with Gasteiger partial charge >= 0.3 is 0 Å². The molecule has 5 nitrogen and oxygen atoms in total. The van der Waals surface area contributed by atoms with Crippen molar-refractivity contribution in [3.8, 4) is 11.4 Å². The van der Waals surface area contributed by atoms with Crippen LogP contribution in [0.25, 0.3) is 11.4 Å². The van der Waals surface area contributed by atoms with Gasteiger partial charge in [0.25, 0.3) is 0 Å². The second-order valence-corrected chi connectivity index (χ2v) is 8.90. The number of hydrogen-bond acceptors (Lipinski definition) is 3. The fourth-order valence-electron chi connectivity index (χ4n) is 3.50. The van der Waals surface area contributed by atoms with Crippen LogP contribution in [0.2, 0.25) is 0 Å². The molecule has 0 aliphatic heterocycles. The minimum Gasteiger partial charge on any atom is -0.345 e. The van der Waals surface area contributed by atoms with Crippen LogP contribution in [0.4, 0.5) is 0 Å². The van der Waals surface area contributed by atoms with Crippen molar-refractivity contribution in [1.82, 2.24) is 14.7 Å². The predicted molar refractivity (Wildman–Crippen MR) is 95.8 cm³/mol. The van der Waals surface area contributed by atoms with Crippen molar-refractivity contribution in [1.29, 1.82) is 0 Å². The van der Waals surface area contributed by atoms with Crippen LogP contribution >= 0.6 is 0 Å². The minimum absolute atomic E-state index is 0.0832. The van der Waals surface area contributed by atoms with Gasteiger partial charge in [-0.2, -0.15) is 0 Å². The highest BCUT2D eigenvalue weighted by molar-refractivity contribution is 7.89. The van der Waals surface area contributed by atoms with E-state index >= 15 is 0 Å². The van der Waals surface area contributed by atoms with Crippen molar-refractivity contribution in [2.24, 2.45) is 5.41 Å². The van der Waals surface area contributed by atoms with Crippen molar-refractivity contribution < 1.29 is 8.42 Å². The summed E-state index contributed by atoms with van der Waals surface area (Å²) in [5.74, 6) is 1.01. The largest absolute Gasteiger partial charge is 0.345 e. The molecule has 0 spiro atoms. The van der Waals surface area contributed by atoms with Crippen molar-refractivity contribution in [2.45, 2.75) is 45.6 Å². The number of nitrogens with zero attached hydrogens (tertiary/aromatic N) is 1. The van der Waals surface area contributed by atoms with Crippen LogP contribution in [0.1, 0.15) is 44.6 Å². The van der Waals surface area contributed by atoms with Crippen LogP contribution in [0.3, 0.4) is 0 Å². The average Bonchev–Trinajstić information content (AvgIpc) is 3.08. The normalized spacial score (nSPS) is 17.7. The fourth-order valence-corrected chi connectivity index (χ4v) is 5.20. The zero-order valence-electron chi connectivity index (χ0n) is 14.1. The number of nitrogens with one attached hydrogen (secondary N) is 2. The standard InChI is InChI=1S/C18H25N3O2S/c1-18(8-3-2-4-9-18)14-24(22,23)21-13-15-6-5-7-16(12-15)17-19-10-11-20-17/h5-7,10-12,21H,2-4,8-9,13-14H2,1H3,(H,19,20). The molecule has 0 amide bonds. The fraction of sp³-hybridized carbons (Fsp3) is 0.500. The molecule has 1 aliphatic carbocycles. The van der Waals surface area contributed by atoms with Crippen LogP contribution in [0, 0.1) is 5.41 Å². The number of benzene rings is 1. The van der Waals surface area contributed by atoms with Gasteiger partial charge in [-0.05, 0) is 29.9 Å². The maximum Gasteiger partial charge on any atom is 0.212 e. The average molecular weight is 347 g/mol. The first-order chi connectivity index (χ1) is 11.5. The molecule has 0 bridgehead atoms. The second-order valence-electron chi connectivity index (χ2n) is 7.09. The number of aromatic nitrogens is 2. The Morgan fingerprint density at radius 3 is 2.75 bits per heavy atom. The highest BCUT2D eigenvalue weighted by Crippen LogP contribution is 2.36. The summed E-state index contributed by atoms with van der Waals surface area (Å²) in [5, 5.41) is 0. The van der Waals surface area contributed by atoms with Gasteiger partial charge in [0.05, 0.1) is 5.75 Å². The highest BCUT2D eigenvalue weighted by Gasteiger charge is 2.32. The van der Waals surface area contributed by atoms with Crippen LogP contribution in [0.5, 0.6) is 0 Å². The second kappa shape index (κ2) is 7.07. The molecule has 1 fully saturated rings. The van der Waals surface area contributed by atoms with Crippen LogP contribution in [-0.4, -0.2) is 24.1 Å². The molecule has 1 aromatic carbocycles. The third kappa shape index (κ3) is 4.45. The van der Waals surface area contributed by atoms with E-state index < -0.39 is 10.0 Å². The molecule has 24 heavy (non-hydrogen) atoms. The van der Waals surface area contributed by atoms with Crippen LogP contribution < -0.4 is 4.72 Å². The lowest BCUT2D eigenvalue weighted by Gasteiger charge is -2.33. The molecule has 0 unspecified atom stereocenters. The first-order valence-electron chi connectivity index (χ1n) is 8.52. The van der Waals surface area contributed by atoms with Gasteiger partial charge < -0.3 is 4.98 Å². The van der Waals surface area contributed by atoms with Gasteiger partial charge in [-0.3, -0.25) is 0 Å². The number of H-pyrrole nitrogens is 1. The summed E-state index contributed by atoms with van der Waals surface area (Å²) in [6.07, 6.45) is 8.98. The Balaban J connectivity index is 1.63. The van der Waals surface area contributed by atoms with E-state index in [9.17, 15) is 8.42 Å². The van der Waals surface area contributed by atoms with Crippen molar-refractivity contribution >= 4 is 10.0 Å². The number of sulfonamides is 1. The van der Waals surface area contributed by atoms with E-state index in [0.29, 0.717) is 6.54 Å². The lowest BCUT2D eigenvalue weighted by molar-refractivity contribution is 0.247. The van der Waals surface area contributed by atoms with Crippen molar-refractivity contribution in [3.63, 3.8) is 0 Å². The number of hydrogen-bond donors (Lipinski definition) is 2. The van der Waals surface area contributed by atoms with E-state index in [1.807, 2.05) is 24.3 Å². The van der Waals surface area contributed by atoms with Gasteiger partial charge in [0.15, 0.2) is 0 Å². The number of imidazole rings is 1. The Bertz CT molecular complexity index is 763. The van der Waals surface area contributed by atoms with Gasteiger partial charge in [-0.25, -0.2) is 18.1 Å². The number of aromatic amines is 1. The van der Waals surface area contributed by atoms with E-state index in [1.54, 1.807) is 12.4 Å². The smallest absolute Gasteiger partial charge is 0.212 e. The van der Waals surface area contributed by atoms with Gasteiger partial charge in [-0.1, -0.05) is 44.4 Å². The molecule has 2 N–H and O–H groups in total. The van der Waals surface area contributed by atoms with Gasteiger partial charge in [-0.15, -0.1) is 0 Å². The molecule has 6 heteroatoms. The monoisotopic (exact) mass is 347 g/mol. The first-order valence-corrected chi connectivity index (χ1v) is 10.2. The predicted octanol–water partition coefficient (Wildman–Crippen LogP) is 3.47. The minimum atomic E-state index is -3.28. The van der Waals surface area contributed by atoms with Crippen LogP contribution in [-0.2, 0) is 16.6 Å². The summed E-state index contributed by atoms with van der Waals surface area (Å²) in [7, 11) is -3.28. The number of rotatable bonds is 6. The zero-order valence-corrected chi connectivity index (χ0v) is 14.9. The Labute approximate surface area is 144 Å². The van der Waals surface area contributed by atoms with Crippen molar-refractivity contribution in [3.05, 3.63) is 42.2 Å². The Morgan fingerprint density at radius 1 is 1.25 bits per heavy atom. The van der Waals surface area contributed by atoms with E-state index in [4.69, 9.17) is 0 Å². The lowest BCUT2D eigenvalue weighted by Crippen LogP contribution is -2.36. The van der Waals surface area contributed by atoms with Gasteiger partial charge in [0, 0.05) is 24.5 Å². The summed E-state index contributed by atoms with van der Waals surface area (Å²) in [5.41, 5.74) is 1.80. The molecule has 1 aromatic heterocycles. The molecule has 1 saturated carbocycles.